The van der Waals surface area contributed by atoms with Crippen LogP contribution in [0.1, 0.15) is 18.5 Å². The van der Waals surface area contributed by atoms with Crippen molar-refractivity contribution in [2.24, 2.45) is 0 Å². The Labute approximate surface area is 225 Å². The van der Waals surface area contributed by atoms with Gasteiger partial charge in [0.15, 0.2) is 9.84 Å². The zero-order valence-corrected chi connectivity index (χ0v) is 22.6. The zero-order valence-electron chi connectivity index (χ0n) is 21.8. The Hall–Kier alpha value is -3.43. The lowest BCUT2D eigenvalue weighted by Gasteiger charge is -2.30. The molecule has 1 aliphatic rings. The number of fused-ring (bicyclic) bond motifs is 1. The first-order valence-corrected chi connectivity index (χ1v) is 14.2. The van der Waals surface area contributed by atoms with Gasteiger partial charge in [-0.1, -0.05) is 5.92 Å². The van der Waals surface area contributed by atoms with Crippen LogP contribution in [0.25, 0.3) is 10.9 Å². The van der Waals surface area contributed by atoms with Gasteiger partial charge in [0.2, 0.25) is 0 Å². The van der Waals surface area contributed by atoms with Gasteiger partial charge in [-0.05, 0) is 69.2 Å². The Morgan fingerprint density at radius 2 is 1.82 bits per heavy atom. The minimum absolute atomic E-state index is 0.0389. The van der Waals surface area contributed by atoms with Gasteiger partial charge in [0.1, 0.15) is 18.1 Å². The van der Waals surface area contributed by atoms with Crippen molar-refractivity contribution >= 4 is 32.1 Å². The first kappa shape index (κ1) is 28.6. The van der Waals surface area contributed by atoms with E-state index in [4.69, 9.17) is 4.74 Å². The number of hydrogen-bond acceptors (Lipinski definition) is 6. The van der Waals surface area contributed by atoms with Crippen molar-refractivity contribution in [1.29, 1.82) is 0 Å². The van der Waals surface area contributed by atoms with Crippen LogP contribution < -0.4 is 15.4 Å². The fraction of sp³-hybridized carbons (Fsp3) is 0.407. The topological polar surface area (TPSA) is 75.6 Å². The average molecular weight is 567 g/mol. The van der Waals surface area contributed by atoms with Crippen LogP contribution in [0.2, 0.25) is 0 Å². The molecule has 0 radical (unpaired) electrons. The Morgan fingerprint density at radius 3 is 2.46 bits per heavy atom. The molecule has 3 aromatic rings. The second kappa shape index (κ2) is 11.4. The Morgan fingerprint density at radius 1 is 1.10 bits per heavy atom. The number of rotatable bonds is 7. The summed E-state index contributed by atoms with van der Waals surface area (Å²) in [5.74, 6) is 5.24. The van der Waals surface area contributed by atoms with Crippen molar-refractivity contribution in [3.63, 3.8) is 0 Å². The van der Waals surface area contributed by atoms with E-state index in [1.54, 1.807) is 6.07 Å². The lowest BCUT2D eigenvalue weighted by molar-refractivity contribution is -0.140. The lowest BCUT2D eigenvalue weighted by Crippen LogP contribution is -2.36. The van der Waals surface area contributed by atoms with Crippen LogP contribution in [0, 0.1) is 17.7 Å². The van der Waals surface area contributed by atoms with Gasteiger partial charge in [0.05, 0.1) is 35.4 Å². The highest BCUT2D eigenvalue weighted by Gasteiger charge is 2.30. The molecule has 1 fully saturated rings. The normalized spacial score (nSPS) is 15.2. The molecule has 0 bridgehead atoms. The van der Waals surface area contributed by atoms with Crippen LogP contribution in [0.3, 0.4) is 0 Å². The number of piperidine rings is 1. The molecule has 39 heavy (non-hydrogen) atoms. The number of likely N-dealkylation sites (tertiary alicyclic amines) is 1. The fourth-order valence-electron chi connectivity index (χ4n) is 4.59. The molecular formula is C27H30F4N4O3S. The molecule has 1 aliphatic heterocycles. The summed E-state index contributed by atoms with van der Waals surface area (Å²) in [7, 11) is -0.0138. The van der Waals surface area contributed by atoms with E-state index in [9.17, 15) is 26.0 Å². The van der Waals surface area contributed by atoms with Crippen molar-refractivity contribution in [3.05, 3.63) is 47.9 Å². The zero-order chi connectivity index (χ0) is 28.4. The number of nitrogens with zero attached hydrogens (tertiary/aromatic N) is 2. The molecule has 2 aromatic carbocycles. The average Bonchev–Trinajstić information content (AvgIpc) is 3.18. The summed E-state index contributed by atoms with van der Waals surface area (Å²) in [6.45, 7) is 0.469. The second-order valence-electron chi connectivity index (χ2n) is 9.63. The van der Waals surface area contributed by atoms with Crippen molar-refractivity contribution in [3.8, 4) is 17.6 Å². The van der Waals surface area contributed by atoms with Crippen LogP contribution in [0.4, 0.5) is 28.9 Å². The van der Waals surface area contributed by atoms with Crippen molar-refractivity contribution < 1.29 is 30.7 Å². The molecule has 0 spiro atoms. The van der Waals surface area contributed by atoms with E-state index in [0.29, 0.717) is 16.8 Å². The van der Waals surface area contributed by atoms with E-state index in [1.165, 1.54) is 31.4 Å². The molecule has 2 heterocycles. The smallest absolute Gasteiger partial charge is 0.406 e. The van der Waals surface area contributed by atoms with E-state index in [1.807, 2.05) is 7.05 Å². The third-order valence-electron chi connectivity index (χ3n) is 6.59. The monoisotopic (exact) mass is 566 g/mol. The molecule has 0 atom stereocenters. The summed E-state index contributed by atoms with van der Waals surface area (Å²) in [5.41, 5.74) is 1.12. The SMILES string of the molecule is COc1cc(S(C)(=O)=O)ccc1NCC#Cc1cc2c(NC3CCN(C)CC3)cc(F)cc2n1CC(F)(F)F. The minimum atomic E-state index is -4.54. The third-order valence-corrected chi connectivity index (χ3v) is 7.70. The van der Waals surface area contributed by atoms with Crippen LogP contribution in [0.15, 0.2) is 41.3 Å². The van der Waals surface area contributed by atoms with E-state index in [0.717, 1.165) is 42.8 Å². The van der Waals surface area contributed by atoms with Crippen molar-refractivity contribution in [2.75, 3.05) is 50.7 Å². The number of halogens is 4. The summed E-state index contributed by atoms with van der Waals surface area (Å²) in [6.07, 6.45) is -1.78. The maximum atomic E-state index is 14.6. The van der Waals surface area contributed by atoms with Gasteiger partial charge in [0, 0.05) is 29.4 Å². The van der Waals surface area contributed by atoms with E-state index in [2.05, 4.69) is 27.4 Å². The largest absolute Gasteiger partial charge is 0.495 e. The molecule has 0 saturated carbocycles. The van der Waals surface area contributed by atoms with E-state index >= 15 is 0 Å². The maximum absolute atomic E-state index is 14.6. The molecule has 0 unspecified atom stereocenters. The molecule has 7 nitrogen and oxygen atoms in total. The number of alkyl halides is 3. The minimum Gasteiger partial charge on any atom is -0.495 e. The number of methoxy groups -OCH3 is 1. The number of benzene rings is 2. The van der Waals surface area contributed by atoms with Crippen LogP contribution >= 0.6 is 0 Å². The molecule has 0 aliphatic carbocycles. The summed E-state index contributed by atoms with van der Waals surface area (Å²) in [6, 6.07) is 8.36. The Bertz CT molecular complexity index is 1520. The van der Waals surface area contributed by atoms with Gasteiger partial charge < -0.3 is 24.8 Å². The van der Waals surface area contributed by atoms with Gasteiger partial charge in [-0.25, -0.2) is 12.8 Å². The third kappa shape index (κ3) is 7.16. The molecular weight excluding hydrogens is 536 g/mol. The fourth-order valence-corrected chi connectivity index (χ4v) is 5.23. The Balaban J connectivity index is 1.63. The summed E-state index contributed by atoms with van der Waals surface area (Å²) < 4.78 is 84.9. The van der Waals surface area contributed by atoms with Gasteiger partial charge in [-0.15, -0.1) is 0 Å². The van der Waals surface area contributed by atoms with Gasteiger partial charge in [0.25, 0.3) is 0 Å². The van der Waals surface area contributed by atoms with Crippen LogP contribution in [0.5, 0.6) is 5.75 Å². The summed E-state index contributed by atoms with van der Waals surface area (Å²) >= 11 is 0. The van der Waals surface area contributed by atoms with Gasteiger partial charge >= 0.3 is 6.18 Å². The van der Waals surface area contributed by atoms with E-state index in [-0.39, 0.29) is 34.4 Å². The highest BCUT2D eigenvalue weighted by Crippen LogP contribution is 2.32. The number of hydrogen-bond donors (Lipinski definition) is 2. The van der Waals surface area contributed by atoms with Crippen molar-refractivity contribution in [1.82, 2.24) is 9.47 Å². The number of sulfone groups is 1. The number of aromatic nitrogens is 1. The van der Waals surface area contributed by atoms with Gasteiger partial charge in [-0.2, -0.15) is 13.2 Å². The molecule has 1 aromatic heterocycles. The quantitative estimate of drug-likeness (QED) is 0.319. The first-order valence-electron chi connectivity index (χ1n) is 12.3. The highest BCUT2D eigenvalue weighted by molar-refractivity contribution is 7.90. The molecule has 0 amide bonds. The first-order chi connectivity index (χ1) is 18.3. The predicted molar refractivity (Wildman–Crippen MR) is 144 cm³/mol. The van der Waals surface area contributed by atoms with Crippen LogP contribution in [-0.4, -0.2) is 70.2 Å². The number of nitrogens with one attached hydrogen (secondary N) is 2. The number of anilines is 2. The van der Waals surface area contributed by atoms with E-state index < -0.39 is 28.4 Å². The summed E-state index contributed by atoms with van der Waals surface area (Å²) in [5, 5.41) is 6.79. The second-order valence-corrected chi connectivity index (χ2v) is 11.6. The van der Waals surface area contributed by atoms with Crippen molar-refractivity contribution in [2.45, 2.75) is 36.5 Å². The van der Waals surface area contributed by atoms with Crippen LogP contribution in [-0.2, 0) is 16.4 Å². The standard InChI is InChI=1S/C27H30F4N4O3S/c1-34-11-8-19(9-12-34)33-24-13-18(28)14-25-22(24)15-20(35(25)17-27(29,30)31)5-4-10-32-23-7-6-21(39(3,36)37)16-26(23)38-2/h6-7,13-16,19,32-33H,8-12,17H2,1-3H3. The summed E-state index contributed by atoms with van der Waals surface area (Å²) in [4.78, 5) is 2.28. The molecule has 4 rings (SSSR count). The van der Waals surface area contributed by atoms with Gasteiger partial charge in [-0.3, -0.25) is 0 Å². The number of ether oxygens (including phenoxy) is 1. The highest BCUT2D eigenvalue weighted by atomic mass is 32.2. The predicted octanol–water partition coefficient (Wildman–Crippen LogP) is 4.72. The molecule has 1 saturated heterocycles. The maximum Gasteiger partial charge on any atom is 0.406 e. The molecule has 12 heteroatoms. The lowest BCUT2D eigenvalue weighted by atomic mass is 10.0. The Kier molecular flexibility index (Phi) is 8.32. The molecule has 210 valence electrons. The molecule has 2 N–H and O–H groups in total.